The van der Waals surface area contributed by atoms with Crippen LogP contribution in [0.25, 0.3) is 0 Å². The third kappa shape index (κ3) is 6.41. The molecule has 0 radical (unpaired) electrons. The highest BCUT2D eigenvalue weighted by Crippen LogP contribution is 2.21. The van der Waals surface area contributed by atoms with Crippen molar-refractivity contribution in [2.75, 3.05) is 13.6 Å². The molecular weight excluding hydrogens is 218 g/mol. The fourth-order valence-corrected chi connectivity index (χ4v) is 1.81. The molecule has 1 nitrogen and oxygen atoms in total. The first-order chi connectivity index (χ1) is 8.71. The fraction of sp³-hybridized carbons (Fsp3) is 0.412. The Bertz CT molecular complexity index is 343. The number of nitrogens with one attached hydrogen (secondary N) is 1. The van der Waals surface area contributed by atoms with Gasteiger partial charge in [0.15, 0.2) is 0 Å². The minimum absolute atomic E-state index is 0.415. The molecule has 18 heavy (non-hydrogen) atoms. The summed E-state index contributed by atoms with van der Waals surface area (Å²) in [5.74, 6) is 0.415. The standard InChI is InChI=1S/C17H27N/c1-6-9-11-12-15(4)17(14-18-5)16(8-3)13-10-7-2/h7-13,17-18H,2,6,14H2,1,3-5H3/b11-9-,13-10-,15-12+,16-8+. The van der Waals surface area contributed by atoms with Crippen molar-refractivity contribution in [3.63, 3.8) is 0 Å². The predicted octanol–water partition coefficient (Wildman–Crippen LogP) is 4.42. The zero-order chi connectivity index (χ0) is 13.8. The molecule has 0 aromatic rings. The number of rotatable bonds is 8. The lowest BCUT2D eigenvalue weighted by Crippen LogP contribution is -2.21. The van der Waals surface area contributed by atoms with E-state index in [1.165, 1.54) is 11.1 Å². The Balaban J connectivity index is 5.03. The molecule has 0 fully saturated rings. The summed E-state index contributed by atoms with van der Waals surface area (Å²) < 4.78 is 0. The first kappa shape index (κ1) is 16.7. The molecule has 1 N–H and O–H groups in total. The second-order valence-corrected chi connectivity index (χ2v) is 4.24. The van der Waals surface area contributed by atoms with E-state index in [9.17, 15) is 0 Å². The van der Waals surface area contributed by atoms with E-state index in [1.807, 2.05) is 19.2 Å². The lowest BCUT2D eigenvalue weighted by atomic mass is 9.90. The van der Waals surface area contributed by atoms with Crippen LogP contribution in [0.15, 0.2) is 60.3 Å². The summed E-state index contributed by atoms with van der Waals surface area (Å²) in [5.41, 5.74) is 2.69. The predicted molar refractivity (Wildman–Crippen MR) is 83.7 cm³/mol. The van der Waals surface area contributed by atoms with Crippen LogP contribution in [-0.2, 0) is 0 Å². The number of hydrogen-bond acceptors (Lipinski definition) is 1. The molecule has 0 rings (SSSR count). The second-order valence-electron chi connectivity index (χ2n) is 4.24. The quantitative estimate of drug-likeness (QED) is 0.624. The molecule has 0 saturated heterocycles. The van der Waals surface area contributed by atoms with Gasteiger partial charge in [0.2, 0.25) is 0 Å². The van der Waals surface area contributed by atoms with Crippen LogP contribution < -0.4 is 5.32 Å². The summed E-state index contributed by atoms with van der Waals surface area (Å²) in [6, 6.07) is 0. The van der Waals surface area contributed by atoms with E-state index in [0.717, 1.165) is 13.0 Å². The first-order valence-corrected chi connectivity index (χ1v) is 6.64. The van der Waals surface area contributed by atoms with Crippen LogP contribution in [0.1, 0.15) is 27.2 Å². The van der Waals surface area contributed by atoms with Gasteiger partial charge in [-0.1, -0.05) is 61.6 Å². The Morgan fingerprint density at radius 1 is 1.33 bits per heavy atom. The van der Waals surface area contributed by atoms with Crippen LogP contribution in [0.4, 0.5) is 0 Å². The average Bonchev–Trinajstić information content (AvgIpc) is 2.38. The molecule has 0 amide bonds. The molecule has 1 unspecified atom stereocenters. The van der Waals surface area contributed by atoms with Gasteiger partial charge in [0.1, 0.15) is 0 Å². The lowest BCUT2D eigenvalue weighted by Gasteiger charge is -2.18. The van der Waals surface area contributed by atoms with E-state index in [2.05, 4.69) is 63.0 Å². The molecule has 100 valence electrons. The molecule has 0 spiro atoms. The SMILES string of the molecule is C=C/C=C\C(=C/C)C(CNC)/C(C)=C/C=C\CC. The number of allylic oxidation sites excluding steroid dienone is 7. The molecule has 1 atom stereocenters. The molecule has 0 aromatic carbocycles. The third-order valence-electron chi connectivity index (χ3n) is 2.85. The van der Waals surface area contributed by atoms with Crippen molar-refractivity contribution in [2.24, 2.45) is 5.92 Å². The topological polar surface area (TPSA) is 12.0 Å². The van der Waals surface area contributed by atoms with Crippen LogP contribution >= 0.6 is 0 Å². The van der Waals surface area contributed by atoms with Crippen molar-refractivity contribution < 1.29 is 0 Å². The number of hydrogen-bond donors (Lipinski definition) is 1. The molecule has 0 bridgehead atoms. The molecule has 0 aliphatic carbocycles. The highest BCUT2D eigenvalue weighted by molar-refractivity contribution is 5.32. The summed E-state index contributed by atoms with van der Waals surface area (Å²) in [5, 5.41) is 3.26. The average molecular weight is 245 g/mol. The smallest absolute Gasteiger partial charge is 0.0170 e. The van der Waals surface area contributed by atoms with Gasteiger partial charge in [-0.15, -0.1) is 0 Å². The Labute approximate surface area is 113 Å². The Morgan fingerprint density at radius 2 is 2.06 bits per heavy atom. The van der Waals surface area contributed by atoms with Crippen molar-refractivity contribution in [1.29, 1.82) is 0 Å². The van der Waals surface area contributed by atoms with Gasteiger partial charge >= 0.3 is 0 Å². The highest BCUT2D eigenvalue weighted by Gasteiger charge is 2.12. The van der Waals surface area contributed by atoms with E-state index >= 15 is 0 Å². The summed E-state index contributed by atoms with van der Waals surface area (Å²) in [6.45, 7) is 11.1. The second kappa shape index (κ2) is 10.8. The third-order valence-corrected chi connectivity index (χ3v) is 2.85. The minimum Gasteiger partial charge on any atom is -0.319 e. The van der Waals surface area contributed by atoms with E-state index in [4.69, 9.17) is 0 Å². The molecular formula is C17H27N. The van der Waals surface area contributed by atoms with Crippen LogP contribution in [-0.4, -0.2) is 13.6 Å². The van der Waals surface area contributed by atoms with E-state index in [-0.39, 0.29) is 0 Å². The van der Waals surface area contributed by atoms with Gasteiger partial charge in [-0.3, -0.25) is 0 Å². The van der Waals surface area contributed by atoms with Crippen LogP contribution in [0, 0.1) is 5.92 Å². The Hall–Kier alpha value is -1.34. The monoisotopic (exact) mass is 245 g/mol. The van der Waals surface area contributed by atoms with Crippen molar-refractivity contribution in [1.82, 2.24) is 5.32 Å². The molecule has 0 aliphatic rings. The van der Waals surface area contributed by atoms with Crippen LogP contribution in [0.2, 0.25) is 0 Å². The summed E-state index contributed by atoms with van der Waals surface area (Å²) in [6.07, 6.45) is 15.7. The van der Waals surface area contributed by atoms with Crippen molar-refractivity contribution in [3.8, 4) is 0 Å². The van der Waals surface area contributed by atoms with Gasteiger partial charge in [-0.25, -0.2) is 0 Å². The summed E-state index contributed by atoms with van der Waals surface area (Å²) in [7, 11) is 1.99. The zero-order valence-electron chi connectivity index (χ0n) is 12.2. The maximum atomic E-state index is 3.72. The largest absolute Gasteiger partial charge is 0.319 e. The molecule has 0 heterocycles. The van der Waals surface area contributed by atoms with Crippen LogP contribution in [0.3, 0.4) is 0 Å². The van der Waals surface area contributed by atoms with Gasteiger partial charge in [-0.05, 0) is 32.9 Å². The first-order valence-electron chi connectivity index (χ1n) is 6.64. The molecule has 0 aliphatic heterocycles. The Kier molecular flexibility index (Phi) is 9.99. The van der Waals surface area contributed by atoms with Crippen LogP contribution in [0.5, 0.6) is 0 Å². The molecule has 1 heteroatoms. The summed E-state index contributed by atoms with van der Waals surface area (Å²) >= 11 is 0. The van der Waals surface area contributed by atoms with E-state index in [1.54, 1.807) is 0 Å². The van der Waals surface area contributed by atoms with E-state index < -0.39 is 0 Å². The minimum atomic E-state index is 0.415. The molecule has 0 aromatic heterocycles. The zero-order valence-corrected chi connectivity index (χ0v) is 12.2. The van der Waals surface area contributed by atoms with Crippen molar-refractivity contribution in [3.05, 3.63) is 60.3 Å². The van der Waals surface area contributed by atoms with Gasteiger partial charge < -0.3 is 5.32 Å². The Morgan fingerprint density at radius 3 is 2.56 bits per heavy atom. The van der Waals surface area contributed by atoms with Gasteiger partial charge in [-0.2, -0.15) is 0 Å². The van der Waals surface area contributed by atoms with Gasteiger partial charge in [0.05, 0.1) is 0 Å². The van der Waals surface area contributed by atoms with E-state index in [0.29, 0.717) is 5.92 Å². The van der Waals surface area contributed by atoms with Gasteiger partial charge in [0, 0.05) is 12.5 Å². The highest BCUT2D eigenvalue weighted by atomic mass is 14.8. The maximum absolute atomic E-state index is 3.72. The lowest BCUT2D eigenvalue weighted by molar-refractivity contribution is 0.651. The normalized spacial score (nSPS) is 15.6. The van der Waals surface area contributed by atoms with Gasteiger partial charge in [0.25, 0.3) is 0 Å². The molecule has 0 saturated carbocycles. The maximum Gasteiger partial charge on any atom is 0.0170 e. The van der Waals surface area contributed by atoms with Crippen molar-refractivity contribution in [2.45, 2.75) is 27.2 Å². The van der Waals surface area contributed by atoms with Crippen molar-refractivity contribution >= 4 is 0 Å². The fourth-order valence-electron chi connectivity index (χ4n) is 1.81. The summed E-state index contributed by atoms with van der Waals surface area (Å²) in [4.78, 5) is 0.